The van der Waals surface area contributed by atoms with E-state index in [4.69, 9.17) is 11.6 Å². The summed E-state index contributed by atoms with van der Waals surface area (Å²) >= 11 is 9.08. The Kier molecular flexibility index (Phi) is 6.30. The van der Waals surface area contributed by atoms with Gasteiger partial charge in [-0.25, -0.2) is 0 Å². The summed E-state index contributed by atoms with van der Waals surface area (Å²) in [6.07, 6.45) is -4.19. The predicted molar refractivity (Wildman–Crippen MR) is 100 cm³/mol. The number of amidine groups is 1. The Balaban J connectivity index is 2.82. The second kappa shape index (κ2) is 8.09. The van der Waals surface area contributed by atoms with Crippen molar-refractivity contribution in [2.45, 2.75) is 6.18 Å². The molecule has 2 aromatic rings. The Morgan fingerprint density at radius 1 is 1.27 bits per heavy atom. The van der Waals surface area contributed by atoms with Crippen LogP contribution in [0, 0.1) is 0 Å². The number of amides is 1. The maximum absolute atomic E-state index is 13.4. The maximum atomic E-state index is 13.4. The Bertz CT molecular complexity index is 856. The fraction of sp³-hybridized carbons (Fsp3) is 0.176. The summed E-state index contributed by atoms with van der Waals surface area (Å²) in [6.45, 7) is 0. The van der Waals surface area contributed by atoms with Crippen LogP contribution < -0.4 is 10.2 Å². The zero-order chi connectivity index (χ0) is 19.5. The minimum absolute atomic E-state index is 0.00132. The molecule has 9 heteroatoms. The number of para-hydroxylation sites is 1. The first kappa shape index (κ1) is 20.3. The molecule has 0 unspecified atom stereocenters. The van der Waals surface area contributed by atoms with Crippen LogP contribution in [0.2, 0.25) is 5.02 Å². The highest BCUT2D eigenvalue weighted by Gasteiger charge is 2.35. The number of hydrogen-bond donors (Lipinski definition) is 1. The number of aliphatic imine (C=N–C) groups is 1. The lowest BCUT2D eigenvalue weighted by Gasteiger charge is -2.24. The highest BCUT2D eigenvalue weighted by molar-refractivity contribution is 9.10. The Morgan fingerprint density at radius 2 is 1.92 bits per heavy atom. The van der Waals surface area contributed by atoms with Crippen LogP contribution in [0.3, 0.4) is 0 Å². The standard InChI is InChI=1S/C17H14BrClF3N3O/c1-23-16(24-2)10-7-12(18)11(17(20,21)22)8-15(10)25(9-26)14-6-4-3-5-13(14)19/h3-9H,1-2H3,(H,23,24). The first-order chi connectivity index (χ1) is 12.2. The molecule has 26 heavy (non-hydrogen) atoms. The number of anilines is 2. The van der Waals surface area contributed by atoms with E-state index in [1.54, 1.807) is 25.2 Å². The van der Waals surface area contributed by atoms with E-state index < -0.39 is 11.7 Å². The van der Waals surface area contributed by atoms with Gasteiger partial charge in [0, 0.05) is 24.1 Å². The van der Waals surface area contributed by atoms with E-state index in [-0.39, 0.29) is 20.9 Å². The topological polar surface area (TPSA) is 44.7 Å². The van der Waals surface area contributed by atoms with Gasteiger partial charge in [-0.1, -0.05) is 39.7 Å². The van der Waals surface area contributed by atoms with Gasteiger partial charge in [0.25, 0.3) is 0 Å². The number of hydrogen-bond acceptors (Lipinski definition) is 2. The summed E-state index contributed by atoms with van der Waals surface area (Å²) in [6, 6.07) is 8.53. The van der Waals surface area contributed by atoms with Gasteiger partial charge in [-0.05, 0) is 24.3 Å². The van der Waals surface area contributed by atoms with Crippen LogP contribution in [-0.4, -0.2) is 26.3 Å². The van der Waals surface area contributed by atoms with Gasteiger partial charge >= 0.3 is 6.18 Å². The quantitative estimate of drug-likeness (QED) is 0.406. The van der Waals surface area contributed by atoms with Crippen LogP contribution in [0.25, 0.3) is 0 Å². The van der Waals surface area contributed by atoms with Crippen molar-refractivity contribution in [3.05, 3.63) is 57.0 Å². The van der Waals surface area contributed by atoms with Crippen molar-refractivity contribution in [2.75, 3.05) is 19.0 Å². The third-order valence-corrected chi connectivity index (χ3v) is 4.56. The van der Waals surface area contributed by atoms with E-state index in [0.29, 0.717) is 17.8 Å². The highest BCUT2D eigenvalue weighted by Crippen LogP contribution is 2.41. The summed E-state index contributed by atoms with van der Waals surface area (Å²) in [7, 11) is 3.07. The van der Waals surface area contributed by atoms with Crippen LogP contribution in [0.4, 0.5) is 24.5 Å². The van der Waals surface area contributed by atoms with Crippen molar-refractivity contribution < 1.29 is 18.0 Å². The average molecular weight is 449 g/mol. The molecule has 0 bridgehead atoms. The van der Waals surface area contributed by atoms with E-state index >= 15 is 0 Å². The van der Waals surface area contributed by atoms with Crippen molar-refractivity contribution in [1.82, 2.24) is 5.32 Å². The van der Waals surface area contributed by atoms with Gasteiger partial charge in [0.05, 0.1) is 22.0 Å². The second-order valence-electron chi connectivity index (χ2n) is 5.10. The molecule has 0 aliphatic rings. The van der Waals surface area contributed by atoms with Gasteiger partial charge in [0.1, 0.15) is 5.84 Å². The molecular formula is C17H14BrClF3N3O. The molecule has 138 valence electrons. The van der Waals surface area contributed by atoms with Crippen LogP contribution in [0.5, 0.6) is 0 Å². The van der Waals surface area contributed by atoms with Gasteiger partial charge in [0.2, 0.25) is 6.41 Å². The van der Waals surface area contributed by atoms with E-state index in [9.17, 15) is 18.0 Å². The number of nitrogens with zero attached hydrogens (tertiary/aromatic N) is 2. The van der Waals surface area contributed by atoms with Crippen LogP contribution in [0.15, 0.2) is 45.9 Å². The molecule has 0 aliphatic carbocycles. The largest absolute Gasteiger partial charge is 0.417 e. The molecule has 0 aromatic heterocycles. The second-order valence-corrected chi connectivity index (χ2v) is 6.36. The van der Waals surface area contributed by atoms with Crippen molar-refractivity contribution in [2.24, 2.45) is 4.99 Å². The monoisotopic (exact) mass is 447 g/mol. The number of rotatable bonds is 4. The number of carbonyl (C=O) groups excluding carboxylic acids is 1. The molecule has 0 saturated carbocycles. The molecule has 0 spiro atoms. The van der Waals surface area contributed by atoms with Crippen LogP contribution in [0.1, 0.15) is 11.1 Å². The van der Waals surface area contributed by atoms with Gasteiger partial charge in [-0.3, -0.25) is 14.7 Å². The van der Waals surface area contributed by atoms with Gasteiger partial charge in [0.15, 0.2) is 0 Å². The lowest BCUT2D eigenvalue weighted by atomic mass is 10.1. The van der Waals surface area contributed by atoms with E-state index in [0.717, 1.165) is 11.0 Å². The molecule has 0 radical (unpaired) electrons. The van der Waals surface area contributed by atoms with Crippen molar-refractivity contribution >= 4 is 51.2 Å². The number of carbonyl (C=O) groups is 1. The van der Waals surface area contributed by atoms with Gasteiger partial charge in [-0.15, -0.1) is 0 Å². The zero-order valence-electron chi connectivity index (χ0n) is 13.7. The molecule has 0 saturated heterocycles. The zero-order valence-corrected chi connectivity index (χ0v) is 16.1. The third-order valence-electron chi connectivity index (χ3n) is 3.58. The maximum Gasteiger partial charge on any atom is 0.417 e. The predicted octanol–water partition coefficient (Wildman–Crippen LogP) is 5.01. The average Bonchev–Trinajstić information content (AvgIpc) is 2.58. The summed E-state index contributed by atoms with van der Waals surface area (Å²) < 4.78 is 39.9. The van der Waals surface area contributed by atoms with Crippen LogP contribution >= 0.6 is 27.5 Å². The molecule has 0 heterocycles. The first-order valence-corrected chi connectivity index (χ1v) is 8.46. The molecule has 2 aromatic carbocycles. The first-order valence-electron chi connectivity index (χ1n) is 7.29. The normalized spacial score (nSPS) is 12.0. The molecule has 2 rings (SSSR count). The fourth-order valence-electron chi connectivity index (χ4n) is 2.43. The highest BCUT2D eigenvalue weighted by atomic mass is 79.9. The lowest BCUT2D eigenvalue weighted by Crippen LogP contribution is -2.25. The lowest BCUT2D eigenvalue weighted by molar-refractivity contribution is -0.138. The van der Waals surface area contributed by atoms with E-state index in [1.807, 2.05) is 0 Å². The van der Waals surface area contributed by atoms with Crippen molar-refractivity contribution in [3.8, 4) is 0 Å². The molecule has 4 nitrogen and oxygen atoms in total. The number of benzene rings is 2. The fourth-order valence-corrected chi connectivity index (χ4v) is 3.22. The summed E-state index contributed by atoms with van der Waals surface area (Å²) in [5.41, 5.74) is -0.352. The van der Waals surface area contributed by atoms with Crippen molar-refractivity contribution in [3.63, 3.8) is 0 Å². The Morgan fingerprint density at radius 3 is 2.42 bits per heavy atom. The molecular weight excluding hydrogens is 435 g/mol. The molecule has 1 N–H and O–H groups in total. The van der Waals surface area contributed by atoms with Gasteiger partial charge < -0.3 is 5.32 Å². The van der Waals surface area contributed by atoms with E-state index in [2.05, 4.69) is 26.2 Å². The summed E-state index contributed by atoms with van der Waals surface area (Å²) in [5, 5.41) is 3.03. The Hall–Kier alpha value is -2.06. The molecule has 1 amide bonds. The van der Waals surface area contributed by atoms with Gasteiger partial charge in [-0.2, -0.15) is 13.2 Å². The minimum Gasteiger partial charge on any atom is -0.373 e. The smallest absolute Gasteiger partial charge is 0.373 e. The number of nitrogens with one attached hydrogen (secondary N) is 1. The minimum atomic E-state index is -4.61. The summed E-state index contributed by atoms with van der Waals surface area (Å²) in [4.78, 5) is 16.9. The molecule has 0 aliphatic heterocycles. The number of alkyl halides is 3. The van der Waals surface area contributed by atoms with Crippen LogP contribution in [-0.2, 0) is 11.0 Å². The molecule has 0 atom stereocenters. The number of halogens is 5. The summed E-state index contributed by atoms with van der Waals surface area (Å²) in [5.74, 6) is 0.313. The van der Waals surface area contributed by atoms with Crippen molar-refractivity contribution in [1.29, 1.82) is 0 Å². The SMILES string of the molecule is C/N=C(/NC)c1cc(Br)c(C(F)(F)F)cc1N(C=O)c1ccccc1Cl. The Labute approximate surface area is 161 Å². The molecule has 0 fully saturated rings. The third kappa shape index (κ3) is 4.02. The van der Waals surface area contributed by atoms with E-state index in [1.165, 1.54) is 19.2 Å².